The van der Waals surface area contributed by atoms with Crippen molar-refractivity contribution in [1.29, 1.82) is 0 Å². The van der Waals surface area contributed by atoms with Crippen molar-refractivity contribution in [1.82, 2.24) is 4.98 Å². The first-order chi connectivity index (χ1) is 8.63. The predicted octanol–water partition coefficient (Wildman–Crippen LogP) is 3.43. The molecule has 0 atom stereocenters. The number of thiazole rings is 1. The molecule has 0 saturated heterocycles. The van der Waals surface area contributed by atoms with Crippen LogP contribution in [-0.4, -0.2) is 17.6 Å². The van der Waals surface area contributed by atoms with E-state index in [0.717, 1.165) is 0 Å². The second-order valence-electron chi connectivity index (χ2n) is 3.61. The standard InChI is InChI=1S/C13H12FNO2S/c1-3-17-13(16)11-12(18-8(2)15-11)9-6-4-5-7-10(9)14/h4-7H,3H2,1-2H3. The molecule has 0 aliphatic heterocycles. The van der Waals surface area contributed by atoms with Crippen LogP contribution in [-0.2, 0) is 4.74 Å². The number of esters is 1. The first-order valence-electron chi connectivity index (χ1n) is 5.53. The molecular weight excluding hydrogens is 253 g/mol. The SMILES string of the molecule is CCOC(=O)c1nc(C)sc1-c1ccccc1F. The maximum Gasteiger partial charge on any atom is 0.358 e. The van der Waals surface area contributed by atoms with E-state index in [1.807, 2.05) is 0 Å². The van der Waals surface area contributed by atoms with Crippen LogP contribution in [0.2, 0.25) is 0 Å². The van der Waals surface area contributed by atoms with Crippen molar-refractivity contribution >= 4 is 17.3 Å². The van der Waals surface area contributed by atoms with Crippen LogP contribution in [0.15, 0.2) is 24.3 Å². The van der Waals surface area contributed by atoms with Gasteiger partial charge in [-0.25, -0.2) is 14.2 Å². The average Bonchev–Trinajstić information content (AvgIpc) is 2.72. The van der Waals surface area contributed by atoms with Gasteiger partial charge in [0.05, 0.1) is 16.5 Å². The molecule has 1 aromatic heterocycles. The van der Waals surface area contributed by atoms with Crippen molar-refractivity contribution in [3.63, 3.8) is 0 Å². The molecule has 0 amide bonds. The van der Waals surface area contributed by atoms with E-state index >= 15 is 0 Å². The van der Waals surface area contributed by atoms with Crippen molar-refractivity contribution < 1.29 is 13.9 Å². The number of nitrogens with zero attached hydrogens (tertiary/aromatic N) is 1. The highest BCUT2D eigenvalue weighted by Gasteiger charge is 2.21. The summed E-state index contributed by atoms with van der Waals surface area (Å²) in [4.78, 5) is 16.4. The van der Waals surface area contributed by atoms with Gasteiger partial charge < -0.3 is 4.74 Å². The van der Waals surface area contributed by atoms with E-state index in [1.54, 1.807) is 32.0 Å². The number of hydrogen-bond acceptors (Lipinski definition) is 4. The summed E-state index contributed by atoms with van der Waals surface area (Å²) >= 11 is 1.28. The second kappa shape index (κ2) is 5.27. The molecule has 0 radical (unpaired) electrons. The number of ether oxygens (including phenoxy) is 1. The van der Waals surface area contributed by atoms with Crippen molar-refractivity contribution in [2.24, 2.45) is 0 Å². The molecular formula is C13H12FNO2S. The summed E-state index contributed by atoms with van der Waals surface area (Å²) < 4.78 is 18.7. The minimum atomic E-state index is -0.514. The Bertz CT molecular complexity index is 580. The Labute approximate surface area is 108 Å². The molecule has 0 aliphatic carbocycles. The highest BCUT2D eigenvalue weighted by molar-refractivity contribution is 7.15. The number of benzene rings is 1. The summed E-state index contributed by atoms with van der Waals surface area (Å²) in [7, 11) is 0. The lowest BCUT2D eigenvalue weighted by molar-refractivity contribution is 0.0521. The molecule has 2 rings (SSSR count). The number of carbonyl (C=O) groups excluding carboxylic acids is 1. The molecule has 1 heterocycles. The van der Waals surface area contributed by atoms with Gasteiger partial charge in [0, 0.05) is 5.56 Å². The van der Waals surface area contributed by atoms with Crippen LogP contribution < -0.4 is 0 Å². The first-order valence-corrected chi connectivity index (χ1v) is 6.34. The van der Waals surface area contributed by atoms with Crippen LogP contribution in [0.5, 0.6) is 0 Å². The van der Waals surface area contributed by atoms with Crippen LogP contribution in [0.4, 0.5) is 4.39 Å². The highest BCUT2D eigenvalue weighted by atomic mass is 32.1. The van der Waals surface area contributed by atoms with Gasteiger partial charge in [-0.2, -0.15) is 0 Å². The third-order valence-corrected chi connectivity index (χ3v) is 3.33. The number of carbonyl (C=O) groups is 1. The molecule has 0 spiro atoms. The van der Waals surface area contributed by atoms with Gasteiger partial charge in [0.2, 0.25) is 0 Å². The van der Waals surface area contributed by atoms with E-state index in [2.05, 4.69) is 4.98 Å². The molecule has 5 heteroatoms. The average molecular weight is 265 g/mol. The number of rotatable bonds is 3. The smallest absolute Gasteiger partial charge is 0.358 e. The van der Waals surface area contributed by atoms with Crippen molar-refractivity contribution in [2.45, 2.75) is 13.8 Å². The van der Waals surface area contributed by atoms with Gasteiger partial charge >= 0.3 is 5.97 Å². The van der Waals surface area contributed by atoms with E-state index in [4.69, 9.17) is 4.74 Å². The number of aromatic nitrogens is 1. The number of halogens is 1. The highest BCUT2D eigenvalue weighted by Crippen LogP contribution is 2.32. The molecule has 0 fully saturated rings. The topological polar surface area (TPSA) is 39.2 Å². The molecule has 18 heavy (non-hydrogen) atoms. The normalized spacial score (nSPS) is 10.4. The summed E-state index contributed by atoms with van der Waals surface area (Å²) in [6.07, 6.45) is 0. The Morgan fingerprint density at radius 1 is 1.44 bits per heavy atom. The van der Waals surface area contributed by atoms with Crippen molar-refractivity contribution in [3.05, 3.63) is 40.8 Å². The third-order valence-electron chi connectivity index (χ3n) is 2.32. The van der Waals surface area contributed by atoms with Gasteiger partial charge in [-0.05, 0) is 19.9 Å². The summed E-state index contributed by atoms with van der Waals surface area (Å²) in [6, 6.07) is 6.32. The molecule has 94 valence electrons. The van der Waals surface area contributed by atoms with Crippen LogP contribution in [0.3, 0.4) is 0 Å². The van der Waals surface area contributed by atoms with Gasteiger partial charge in [-0.15, -0.1) is 11.3 Å². The largest absolute Gasteiger partial charge is 0.461 e. The number of hydrogen-bond donors (Lipinski definition) is 0. The Balaban J connectivity index is 2.51. The minimum Gasteiger partial charge on any atom is -0.461 e. The fraction of sp³-hybridized carbons (Fsp3) is 0.231. The Hall–Kier alpha value is -1.75. The maximum atomic E-state index is 13.7. The lowest BCUT2D eigenvalue weighted by Crippen LogP contribution is -2.06. The van der Waals surface area contributed by atoms with E-state index in [0.29, 0.717) is 15.4 Å². The van der Waals surface area contributed by atoms with Gasteiger partial charge in [0.15, 0.2) is 5.69 Å². The lowest BCUT2D eigenvalue weighted by Gasteiger charge is -2.03. The fourth-order valence-electron chi connectivity index (χ4n) is 1.59. The maximum absolute atomic E-state index is 13.7. The van der Waals surface area contributed by atoms with Crippen molar-refractivity contribution in [2.75, 3.05) is 6.61 Å². The lowest BCUT2D eigenvalue weighted by atomic mass is 10.1. The zero-order valence-electron chi connectivity index (χ0n) is 10.1. The van der Waals surface area contributed by atoms with E-state index in [1.165, 1.54) is 17.4 Å². The predicted molar refractivity (Wildman–Crippen MR) is 68.2 cm³/mol. The molecule has 0 N–H and O–H groups in total. The zero-order valence-corrected chi connectivity index (χ0v) is 10.9. The summed E-state index contributed by atoms with van der Waals surface area (Å²) in [5.74, 6) is -0.883. The molecule has 3 nitrogen and oxygen atoms in total. The van der Waals surface area contributed by atoms with Gasteiger partial charge in [-0.3, -0.25) is 0 Å². The molecule has 1 aromatic carbocycles. The van der Waals surface area contributed by atoms with Crippen LogP contribution in [0.1, 0.15) is 22.4 Å². The van der Waals surface area contributed by atoms with Crippen LogP contribution >= 0.6 is 11.3 Å². The second-order valence-corrected chi connectivity index (χ2v) is 4.81. The molecule has 2 aromatic rings. The van der Waals surface area contributed by atoms with Gasteiger partial charge in [0.1, 0.15) is 5.82 Å². The zero-order chi connectivity index (χ0) is 13.1. The quantitative estimate of drug-likeness (QED) is 0.798. The van der Waals surface area contributed by atoms with Crippen molar-refractivity contribution in [3.8, 4) is 10.4 Å². The molecule has 0 aliphatic rings. The minimum absolute atomic E-state index is 0.185. The van der Waals surface area contributed by atoms with E-state index in [9.17, 15) is 9.18 Å². The van der Waals surface area contributed by atoms with Gasteiger partial charge in [0.25, 0.3) is 0 Å². The molecule has 0 saturated carbocycles. The Morgan fingerprint density at radius 3 is 2.83 bits per heavy atom. The number of aryl methyl sites for hydroxylation is 1. The fourth-order valence-corrected chi connectivity index (χ4v) is 2.53. The van der Waals surface area contributed by atoms with Crippen LogP contribution in [0.25, 0.3) is 10.4 Å². The first kappa shape index (κ1) is 12.7. The Morgan fingerprint density at radius 2 is 2.17 bits per heavy atom. The Kier molecular flexibility index (Phi) is 3.72. The summed E-state index contributed by atoms with van der Waals surface area (Å²) in [5.41, 5.74) is 0.565. The van der Waals surface area contributed by atoms with Crippen LogP contribution in [0, 0.1) is 12.7 Å². The van der Waals surface area contributed by atoms with E-state index < -0.39 is 5.97 Å². The van der Waals surface area contributed by atoms with Gasteiger partial charge in [-0.1, -0.05) is 18.2 Å². The summed E-state index contributed by atoms with van der Waals surface area (Å²) in [5, 5.41) is 0.705. The summed E-state index contributed by atoms with van der Waals surface area (Å²) in [6.45, 7) is 3.77. The molecule has 0 bridgehead atoms. The van der Waals surface area contributed by atoms with E-state index in [-0.39, 0.29) is 18.1 Å². The third kappa shape index (κ3) is 2.41. The molecule has 0 unspecified atom stereocenters. The monoisotopic (exact) mass is 265 g/mol.